The van der Waals surface area contributed by atoms with Gasteiger partial charge in [0.25, 0.3) is 5.91 Å². The predicted octanol–water partition coefficient (Wildman–Crippen LogP) is 4.80. The average molecular weight is 525 g/mol. The molecule has 3 rings (SSSR count). The number of benzene rings is 3. The highest BCUT2D eigenvalue weighted by Gasteiger charge is 2.30. The number of sulfone groups is 1. The zero-order valence-electron chi connectivity index (χ0n) is 18.5. The molecule has 8 nitrogen and oxygen atoms in total. The van der Waals surface area contributed by atoms with Gasteiger partial charge in [0, 0.05) is 16.8 Å². The maximum Gasteiger partial charge on any atom is 0.387 e. The fourth-order valence-electron chi connectivity index (χ4n) is 2.94. The number of rotatable bonds is 10. The minimum atomic E-state index is -5.10. The number of hydrogen-bond acceptors (Lipinski definition) is 7. The Labute approximate surface area is 203 Å². The van der Waals surface area contributed by atoms with Gasteiger partial charge in [0.15, 0.2) is 0 Å². The summed E-state index contributed by atoms with van der Waals surface area (Å²) in [5, 5.41) is 6.38. The molecule has 2 N–H and O–H groups in total. The van der Waals surface area contributed by atoms with Gasteiger partial charge in [-0.3, -0.25) is 4.79 Å². The second-order valence-electron chi connectivity index (χ2n) is 6.99. The third kappa shape index (κ3) is 6.50. The van der Waals surface area contributed by atoms with Crippen LogP contribution in [0.25, 0.3) is 0 Å². The zero-order valence-corrected chi connectivity index (χ0v) is 19.3. The number of carbonyl (C=O) groups is 1. The molecule has 0 bridgehead atoms. The Bertz CT molecular complexity index is 1350. The molecule has 3 aromatic rings. The van der Waals surface area contributed by atoms with Crippen LogP contribution in [-0.2, 0) is 9.84 Å². The molecule has 0 aliphatic rings. The highest BCUT2D eigenvalue weighted by molar-refractivity contribution is 7.91. The van der Waals surface area contributed by atoms with Crippen LogP contribution in [0.5, 0.6) is 11.5 Å². The van der Waals surface area contributed by atoms with Crippen molar-refractivity contribution in [2.45, 2.75) is 17.3 Å². The van der Waals surface area contributed by atoms with Crippen molar-refractivity contribution in [3.05, 3.63) is 77.9 Å². The number of alkyl halides is 4. The van der Waals surface area contributed by atoms with Crippen LogP contribution in [0.3, 0.4) is 0 Å². The van der Waals surface area contributed by atoms with Gasteiger partial charge in [-0.15, -0.1) is 0 Å². The summed E-state index contributed by atoms with van der Waals surface area (Å²) in [6, 6.07) is 15.0. The molecule has 0 aliphatic heterocycles. The summed E-state index contributed by atoms with van der Waals surface area (Å²) in [6.45, 7) is -3.07. The van der Waals surface area contributed by atoms with E-state index in [2.05, 4.69) is 20.6 Å². The van der Waals surface area contributed by atoms with Gasteiger partial charge in [-0.1, -0.05) is 12.1 Å². The molecule has 0 fully saturated rings. The van der Waals surface area contributed by atoms with Gasteiger partial charge in [-0.25, -0.2) is 13.8 Å². The number of anilines is 2. The number of halogens is 4. The van der Waals surface area contributed by atoms with Crippen LogP contribution in [-0.4, -0.2) is 40.0 Å². The van der Waals surface area contributed by atoms with E-state index in [0.717, 1.165) is 18.3 Å². The smallest absolute Gasteiger partial charge is 0.387 e. The van der Waals surface area contributed by atoms with Crippen LogP contribution >= 0.6 is 0 Å². The molecule has 0 saturated carbocycles. The van der Waals surface area contributed by atoms with Crippen molar-refractivity contribution >= 4 is 33.3 Å². The molecule has 1 amide bonds. The largest absolute Gasteiger partial charge is 0.497 e. The number of hydrogen-bond donors (Lipinski definition) is 2. The van der Waals surface area contributed by atoms with Gasteiger partial charge in [0.2, 0.25) is 9.84 Å². The average Bonchev–Trinajstić information content (AvgIpc) is 2.85. The Hall–Kier alpha value is -4.13. The van der Waals surface area contributed by atoms with Gasteiger partial charge in [-0.2, -0.15) is 22.7 Å². The molecule has 190 valence electrons. The Kier molecular flexibility index (Phi) is 8.48. The van der Waals surface area contributed by atoms with E-state index in [9.17, 15) is 30.8 Å². The van der Waals surface area contributed by atoms with E-state index in [4.69, 9.17) is 4.74 Å². The van der Waals surface area contributed by atoms with Crippen molar-refractivity contribution < 1.29 is 40.2 Å². The van der Waals surface area contributed by atoms with Crippen molar-refractivity contribution in [2.75, 3.05) is 12.4 Å². The van der Waals surface area contributed by atoms with Gasteiger partial charge in [0.1, 0.15) is 11.5 Å². The van der Waals surface area contributed by atoms with Crippen LogP contribution in [0.15, 0.2) is 76.7 Å². The van der Waals surface area contributed by atoms with Crippen molar-refractivity contribution in [1.82, 2.24) is 5.43 Å². The molecule has 0 heterocycles. The van der Waals surface area contributed by atoms with Gasteiger partial charge < -0.3 is 14.8 Å². The lowest BCUT2D eigenvalue weighted by molar-refractivity contribution is -0.0499. The summed E-state index contributed by atoms with van der Waals surface area (Å²) in [5.74, 6) is -4.33. The van der Waals surface area contributed by atoms with Crippen LogP contribution in [0.1, 0.15) is 15.9 Å². The molecule has 0 atom stereocenters. The first-order valence-corrected chi connectivity index (χ1v) is 11.6. The van der Waals surface area contributed by atoms with Crippen molar-refractivity contribution in [3.8, 4) is 11.5 Å². The molecule has 36 heavy (non-hydrogen) atoms. The number of nitrogens with zero attached hydrogens (tertiary/aromatic N) is 1. The van der Waals surface area contributed by atoms with Gasteiger partial charge >= 0.3 is 12.4 Å². The molecule has 0 unspecified atom stereocenters. The summed E-state index contributed by atoms with van der Waals surface area (Å²) in [6.07, 6.45) is 1.03. The highest BCUT2D eigenvalue weighted by Crippen LogP contribution is 2.30. The number of methoxy groups -OCH3 is 1. The lowest BCUT2D eigenvalue weighted by atomic mass is 10.2. The number of para-hydroxylation sites is 1. The SMILES string of the molecule is COc1ccc(Nc2ccc(C(=O)N/N=C/c3ccccc3OC(F)F)cc2S(=O)(=O)C(F)F)cc1. The van der Waals surface area contributed by atoms with E-state index in [-0.39, 0.29) is 22.6 Å². The second kappa shape index (κ2) is 11.5. The minimum absolute atomic E-state index is 0.123. The van der Waals surface area contributed by atoms with Crippen LogP contribution in [0, 0.1) is 0 Å². The van der Waals surface area contributed by atoms with E-state index in [0.29, 0.717) is 11.4 Å². The summed E-state index contributed by atoms with van der Waals surface area (Å²) in [5.41, 5.74) is 2.12. The Morgan fingerprint density at radius 3 is 2.33 bits per heavy atom. The number of hydrazone groups is 1. The van der Waals surface area contributed by atoms with Crippen molar-refractivity contribution in [1.29, 1.82) is 0 Å². The maximum atomic E-state index is 13.3. The molecular formula is C23H19F4N3O5S. The first-order valence-electron chi connectivity index (χ1n) is 10.1. The summed E-state index contributed by atoms with van der Waals surface area (Å²) in [4.78, 5) is 11.7. The fraction of sp³-hybridized carbons (Fsp3) is 0.130. The van der Waals surface area contributed by atoms with Crippen LogP contribution in [0.4, 0.5) is 28.9 Å². The fourth-order valence-corrected chi connectivity index (χ4v) is 3.85. The second-order valence-corrected chi connectivity index (χ2v) is 8.87. The molecule has 0 aliphatic carbocycles. The van der Waals surface area contributed by atoms with E-state index < -0.39 is 33.0 Å². The minimum Gasteiger partial charge on any atom is -0.497 e. The normalized spacial score (nSPS) is 11.6. The van der Waals surface area contributed by atoms with E-state index in [1.54, 1.807) is 24.3 Å². The molecule has 0 spiro atoms. The van der Waals surface area contributed by atoms with Crippen LogP contribution in [0.2, 0.25) is 0 Å². The Morgan fingerprint density at radius 2 is 1.69 bits per heavy atom. The number of amides is 1. The topological polar surface area (TPSA) is 106 Å². The van der Waals surface area contributed by atoms with E-state index >= 15 is 0 Å². The van der Waals surface area contributed by atoms with Gasteiger partial charge in [-0.05, 0) is 54.6 Å². The Balaban J connectivity index is 1.86. The van der Waals surface area contributed by atoms with E-state index in [1.165, 1.54) is 37.4 Å². The maximum absolute atomic E-state index is 13.3. The van der Waals surface area contributed by atoms with Crippen molar-refractivity contribution in [2.24, 2.45) is 5.10 Å². The monoisotopic (exact) mass is 525 g/mol. The first-order chi connectivity index (χ1) is 17.1. The van der Waals surface area contributed by atoms with Crippen LogP contribution < -0.4 is 20.2 Å². The molecule has 0 radical (unpaired) electrons. The first kappa shape index (κ1) is 26.5. The summed E-state index contributed by atoms with van der Waals surface area (Å²) >= 11 is 0. The number of carbonyl (C=O) groups excluding carboxylic acids is 1. The predicted molar refractivity (Wildman–Crippen MR) is 124 cm³/mol. The third-order valence-electron chi connectivity index (χ3n) is 4.66. The highest BCUT2D eigenvalue weighted by atomic mass is 32.2. The summed E-state index contributed by atoms with van der Waals surface area (Å²) < 4.78 is 85.7. The van der Waals surface area contributed by atoms with Gasteiger partial charge in [0.05, 0.1) is 23.9 Å². The molecule has 13 heteroatoms. The van der Waals surface area contributed by atoms with Crippen molar-refractivity contribution in [3.63, 3.8) is 0 Å². The molecule has 3 aromatic carbocycles. The molecule has 0 saturated heterocycles. The lowest BCUT2D eigenvalue weighted by Gasteiger charge is -2.14. The number of ether oxygens (including phenoxy) is 2. The Morgan fingerprint density at radius 1 is 1.00 bits per heavy atom. The molecular weight excluding hydrogens is 506 g/mol. The standard InChI is InChI=1S/C23H19F4N3O5S/c1-34-17-9-7-16(8-10-17)29-18-11-6-14(12-20(18)36(32,33)23(26)27)21(31)30-28-13-15-4-2-3-5-19(15)35-22(24)25/h2-13,22-23,29H,1H3,(H,30,31)/b28-13+. The molecule has 0 aromatic heterocycles. The van der Waals surface area contributed by atoms with E-state index in [1.807, 2.05) is 0 Å². The number of nitrogens with one attached hydrogen (secondary N) is 2. The lowest BCUT2D eigenvalue weighted by Crippen LogP contribution is -2.20. The zero-order chi connectivity index (χ0) is 26.3. The quantitative estimate of drug-likeness (QED) is 0.224. The third-order valence-corrected chi connectivity index (χ3v) is 6.08. The summed E-state index contributed by atoms with van der Waals surface area (Å²) in [7, 11) is -3.65.